The van der Waals surface area contributed by atoms with Gasteiger partial charge in [-0.25, -0.2) is 13.1 Å². The van der Waals surface area contributed by atoms with Crippen LogP contribution in [0.4, 0.5) is 0 Å². The molecule has 0 saturated carbocycles. The maximum Gasteiger partial charge on any atom is 0.241 e. The van der Waals surface area contributed by atoms with E-state index in [-0.39, 0.29) is 4.90 Å². The highest BCUT2D eigenvalue weighted by molar-refractivity contribution is 7.89. The Hall–Kier alpha value is -1.11. The minimum atomic E-state index is -3.92. The molecule has 0 aliphatic carbocycles. The second-order valence-corrected chi connectivity index (χ2v) is 8.53. The molecule has 1 aromatic rings. The van der Waals surface area contributed by atoms with Crippen LogP contribution in [0.3, 0.4) is 0 Å². The third-order valence-corrected chi connectivity index (χ3v) is 6.30. The number of hydrogen-bond donors (Lipinski definition) is 5. The molecule has 0 radical (unpaired) electrons. The number of aliphatic hydroxyl groups excluding tert-OH is 4. The van der Waals surface area contributed by atoms with Gasteiger partial charge in [-0.3, -0.25) is 0 Å². The molecular weight excluding hydrogens is 378 g/mol. The van der Waals surface area contributed by atoms with Crippen LogP contribution in [0.2, 0.25) is 0 Å². The average Bonchev–Trinajstić information content (AvgIpc) is 2.57. The second-order valence-electron chi connectivity index (χ2n) is 6.82. The van der Waals surface area contributed by atoms with Gasteiger partial charge in [0.05, 0.1) is 11.0 Å². The van der Waals surface area contributed by atoms with Gasteiger partial charge >= 0.3 is 0 Å². The predicted octanol–water partition coefficient (Wildman–Crippen LogP) is -1.29. The Kier molecular flexibility index (Phi) is 6.98. The molecule has 0 amide bonds. The molecule has 1 heterocycles. The molecule has 1 aromatic carbocycles. The molecule has 154 valence electrons. The molecule has 1 saturated heterocycles. The Morgan fingerprint density at radius 1 is 1.11 bits per heavy atom. The Labute approximate surface area is 158 Å². The molecule has 6 atom stereocenters. The van der Waals surface area contributed by atoms with Gasteiger partial charge in [0, 0.05) is 13.7 Å². The van der Waals surface area contributed by atoms with Gasteiger partial charge in [-0.05, 0) is 31.9 Å². The van der Waals surface area contributed by atoms with Crippen LogP contribution in [0.1, 0.15) is 16.7 Å². The number of methoxy groups -OCH3 is 1. The Morgan fingerprint density at radius 3 is 2.19 bits per heavy atom. The SMILES string of the molecule is CO[C@H]1O[C@H]([C@@H](O)CNS(=O)(=O)c2c(C)cc(C)cc2C)[C@@H](O)[C@H](O)[C@@H]1O. The van der Waals surface area contributed by atoms with Crippen molar-refractivity contribution in [2.45, 2.75) is 62.5 Å². The highest BCUT2D eigenvalue weighted by Crippen LogP contribution is 2.25. The summed E-state index contributed by atoms with van der Waals surface area (Å²) in [6.45, 7) is 4.76. The van der Waals surface area contributed by atoms with Gasteiger partial charge in [0.15, 0.2) is 6.29 Å². The van der Waals surface area contributed by atoms with Gasteiger partial charge in [-0.2, -0.15) is 0 Å². The van der Waals surface area contributed by atoms with E-state index in [4.69, 9.17) is 9.47 Å². The van der Waals surface area contributed by atoms with E-state index in [1.165, 1.54) is 7.11 Å². The number of aryl methyl sites for hydroxylation is 3. The number of sulfonamides is 1. The molecule has 0 unspecified atom stereocenters. The quantitative estimate of drug-likeness (QED) is 0.393. The first-order valence-electron chi connectivity index (χ1n) is 8.47. The summed E-state index contributed by atoms with van der Waals surface area (Å²) < 4.78 is 37.7. The third-order valence-electron chi connectivity index (χ3n) is 4.57. The summed E-state index contributed by atoms with van der Waals surface area (Å²) in [7, 11) is -2.69. The second kappa shape index (κ2) is 8.50. The van der Waals surface area contributed by atoms with E-state index in [1.54, 1.807) is 26.0 Å². The number of ether oxygens (including phenoxy) is 2. The van der Waals surface area contributed by atoms with Gasteiger partial charge in [0.1, 0.15) is 24.4 Å². The predicted molar refractivity (Wildman–Crippen MR) is 95.5 cm³/mol. The highest BCUT2D eigenvalue weighted by atomic mass is 32.2. The summed E-state index contributed by atoms with van der Waals surface area (Å²) in [6.07, 6.45) is -8.82. The molecule has 0 spiro atoms. The number of aliphatic hydroxyl groups is 4. The van der Waals surface area contributed by atoms with E-state index >= 15 is 0 Å². The number of nitrogens with one attached hydrogen (secondary N) is 1. The van der Waals surface area contributed by atoms with Gasteiger partial charge < -0.3 is 29.9 Å². The topological polar surface area (TPSA) is 146 Å². The zero-order valence-electron chi connectivity index (χ0n) is 15.7. The summed E-state index contributed by atoms with van der Waals surface area (Å²) >= 11 is 0. The molecule has 9 nitrogen and oxygen atoms in total. The molecule has 5 N–H and O–H groups in total. The van der Waals surface area contributed by atoms with Crippen molar-refractivity contribution in [3.05, 3.63) is 28.8 Å². The molecule has 1 fully saturated rings. The van der Waals surface area contributed by atoms with Crippen molar-refractivity contribution in [3.63, 3.8) is 0 Å². The van der Waals surface area contributed by atoms with Crippen molar-refractivity contribution in [2.75, 3.05) is 13.7 Å². The van der Waals surface area contributed by atoms with Crippen LogP contribution >= 0.6 is 0 Å². The molecule has 0 aromatic heterocycles. The van der Waals surface area contributed by atoms with Gasteiger partial charge in [0.2, 0.25) is 10.0 Å². The van der Waals surface area contributed by atoms with E-state index in [1.807, 2.05) is 6.92 Å². The fraction of sp³-hybridized carbons (Fsp3) is 0.647. The van der Waals surface area contributed by atoms with Crippen molar-refractivity contribution in [2.24, 2.45) is 0 Å². The highest BCUT2D eigenvalue weighted by Gasteiger charge is 2.46. The Bertz CT molecular complexity index is 743. The van der Waals surface area contributed by atoms with E-state index in [0.717, 1.165) is 5.56 Å². The summed E-state index contributed by atoms with van der Waals surface area (Å²) in [6, 6.07) is 3.49. The average molecular weight is 405 g/mol. The van der Waals surface area contributed by atoms with Crippen LogP contribution < -0.4 is 4.72 Å². The maximum absolute atomic E-state index is 12.7. The maximum atomic E-state index is 12.7. The number of benzene rings is 1. The molecule has 2 rings (SSSR count). The van der Waals surface area contributed by atoms with Crippen LogP contribution in [0.15, 0.2) is 17.0 Å². The normalized spacial score (nSPS) is 30.3. The van der Waals surface area contributed by atoms with Crippen LogP contribution in [-0.4, -0.2) is 79.3 Å². The first kappa shape index (κ1) is 22.2. The van der Waals surface area contributed by atoms with Crippen molar-refractivity contribution in [3.8, 4) is 0 Å². The van der Waals surface area contributed by atoms with Crippen LogP contribution in [-0.2, 0) is 19.5 Å². The Balaban J connectivity index is 2.13. The van der Waals surface area contributed by atoms with Crippen LogP contribution in [0.5, 0.6) is 0 Å². The van der Waals surface area contributed by atoms with Crippen molar-refractivity contribution >= 4 is 10.0 Å². The minimum absolute atomic E-state index is 0.121. The van der Waals surface area contributed by atoms with Gasteiger partial charge in [0.25, 0.3) is 0 Å². The van der Waals surface area contributed by atoms with E-state index < -0.39 is 53.4 Å². The summed E-state index contributed by atoms with van der Waals surface area (Å²) in [5, 5.41) is 39.9. The first-order valence-corrected chi connectivity index (χ1v) is 9.96. The fourth-order valence-electron chi connectivity index (χ4n) is 3.36. The van der Waals surface area contributed by atoms with Crippen LogP contribution in [0, 0.1) is 20.8 Å². The molecule has 1 aliphatic heterocycles. The zero-order valence-corrected chi connectivity index (χ0v) is 16.5. The number of hydrogen-bond acceptors (Lipinski definition) is 8. The summed E-state index contributed by atoms with van der Waals surface area (Å²) in [5.74, 6) is 0. The molecule has 27 heavy (non-hydrogen) atoms. The monoisotopic (exact) mass is 405 g/mol. The smallest absolute Gasteiger partial charge is 0.241 e. The third kappa shape index (κ3) is 4.66. The summed E-state index contributed by atoms with van der Waals surface area (Å²) in [4.78, 5) is 0.121. The number of rotatable bonds is 6. The minimum Gasteiger partial charge on any atom is -0.389 e. The lowest BCUT2D eigenvalue weighted by Crippen LogP contribution is -2.62. The standard InChI is InChI=1S/C17H27NO8S/c1-8-5-9(2)16(10(3)6-8)27(23,24)18-7-11(19)15-13(21)12(20)14(22)17(25-4)26-15/h5-6,11-15,17-22H,7H2,1-4H3/t11-,12-,13-,14-,15+,17-/m0/s1. The van der Waals surface area contributed by atoms with E-state index in [9.17, 15) is 28.8 Å². The van der Waals surface area contributed by atoms with Crippen LogP contribution in [0.25, 0.3) is 0 Å². The van der Waals surface area contributed by atoms with Crippen molar-refractivity contribution in [1.82, 2.24) is 4.72 Å². The molecule has 10 heteroatoms. The van der Waals surface area contributed by atoms with Gasteiger partial charge in [-0.15, -0.1) is 0 Å². The molecule has 1 aliphatic rings. The van der Waals surface area contributed by atoms with E-state index in [2.05, 4.69) is 4.72 Å². The lowest BCUT2D eigenvalue weighted by molar-refractivity contribution is -0.303. The molecular formula is C17H27NO8S. The molecule has 0 bridgehead atoms. The largest absolute Gasteiger partial charge is 0.389 e. The summed E-state index contributed by atoms with van der Waals surface area (Å²) in [5.41, 5.74) is 2.07. The van der Waals surface area contributed by atoms with Crippen molar-refractivity contribution < 1.29 is 38.3 Å². The fourth-order valence-corrected chi connectivity index (χ4v) is 4.86. The van der Waals surface area contributed by atoms with Gasteiger partial charge in [-0.1, -0.05) is 17.7 Å². The van der Waals surface area contributed by atoms with Crippen molar-refractivity contribution in [1.29, 1.82) is 0 Å². The first-order chi connectivity index (χ1) is 12.5. The zero-order chi connectivity index (χ0) is 20.5. The van der Waals surface area contributed by atoms with E-state index in [0.29, 0.717) is 11.1 Å². The lowest BCUT2D eigenvalue weighted by Gasteiger charge is -2.41. The Morgan fingerprint density at radius 2 is 1.67 bits per heavy atom. The lowest BCUT2D eigenvalue weighted by atomic mass is 9.95.